The SMILES string of the molecule is O=C(Cn1ncc(OCc2ccccc2)cc1=O)c1ccc(CBr)cc1. The lowest BCUT2D eigenvalue weighted by Crippen LogP contribution is -2.26. The number of aromatic nitrogens is 2. The topological polar surface area (TPSA) is 61.2 Å². The van der Waals surface area contributed by atoms with E-state index in [1.54, 1.807) is 12.1 Å². The molecule has 5 nitrogen and oxygen atoms in total. The lowest BCUT2D eigenvalue weighted by Gasteiger charge is -2.08. The predicted molar refractivity (Wildman–Crippen MR) is 103 cm³/mol. The number of halogens is 1. The number of benzene rings is 2. The summed E-state index contributed by atoms with van der Waals surface area (Å²) in [6, 6.07) is 18.2. The van der Waals surface area contributed by atoms with Gasteiger partial charge in [0.1, 0.15) is 18.9 Å². The van der Waals surface area contributed by atoms with Gasteiger partial charge < -0.3 is 4.74 Å². The molecule has 0 saturated heterocycles. The van der Waals surface area contributed by atoms with Crippen LogP contribution in [0.5, 0.6) is 5.75 Å². The van der Waals surface area contributed by atoms with Crippen LogP contribution >= 0.6 is 15.9 Å². The molecular weight excluding hydrogens is 396 g/mol. The van der Waals surface area contributed by atoms with E-state index in [2.05, 4.69) is 21.0 Å². The van der Waals surface area contributed by atoms with Gasteiger partial charge in [-0.3, -0.25) is 9.59 Å². The Bertz CT molecular complexity index is 937. The fourth-order valence-electron chi connectivity index (χ4n) is 2.36. The third-order valence-corrected chi connectivity index (χ3v) is 4.46. The lowest BCUT2D eigenvalue weighted by atomic mass is 10.1. The van der Waals surface area contributed by atoms with Crippen molar-refractivity contribution in [2.45, 2.75) is 18.5 Å². The highest BCUT2D eigenvalue weighted by Crippen LogP contribution is 2.10. The zero-order chi connectivity index (χ0) is 18.4. The maximum Gasteiger partial charge on any atom is 0.270 e. The van der Waals surface area contributed by atoms with E-state index in [-0.39, 0.29) is 17.9 Å². The van der Waals surface area contributed by atoms with Gasteiger partial charge in [0.25, 0.3) is 5.56 Å². The van der Waals surface area contributed by atoms with Crippen LogP contribution in [0.15, 0.2) is 71.7 Å². The standard InChI is InChI=1S/C20H17BrN2O3/c21-11-15-6-8-17(9-7-15)19(24)13-23-20(25)10-18(12-22-23)26-14-16-4-2-1-3-5-16/h1-10,12H,11,13-14H2. The first kappa shape index (κ1) is 18.1. The smallest absolute Gasteiger partial charge is 0.270 e. The zero-order valence-corrected chi connectivity index (χ0v) is 15.6. The number of ether oxygens (including phenoxy) is 1. The molecule has 0 spiro atoms. The van der Waals surface area contributed by atoms with E-state index < -0.39 is 0 Å². The number of alkyl halides is 1. The molecule has 0 aliphatic heterocycles. The van der Waals surface area contributed by atoms with Gasteiger partial charge in [0.2, 0.25) is 0 Å². The van der Waals surface area contributed by atoms with Gasteiger partial charge in [0.15, 0.2) is 5.78 Å². The Morgan fingerprint density at radius 2 is 1.77 bits per heavy atom. The van der Waals surface area contributed by atoms with Crippen LogP contribution in [0.2, 0.25) is 0 Å². The number of hydrogen-bond donors (Lipinski definition) is 0. The first-order valence-corrected chi connectivity index (χ1v) is 9.20. The summed E-state index contributed by atoms with van der Waals surface area (Å²) in [6.45, 7) is 0.246. The third-order valence-electron chi connectivity index (χ3n) is 3.82. The van der Waals surface area contributed by atoms with E-state index in [1.807, 2.05) is 42.5 Å². The van der Waals surface area contributed by atoms with Crippen LogP contribution < -0.4 is 10.3 Å². The number of hydrogen-bond acceptors (Lipinski definition) is 4. The van der Waals surface area contributed by atoms with Crippen molar-refractivity contribution in [3.05, 3.63) is 93.9 Å². The maximum absolute atomic E-state index is 12.3. The van der Waals surface area contributed by atoms with Crippen LogP contribution in [0.1, 0.15) is 21.5 Å². The Hall–Kier alpha value is -2.73. The lowest BCUT2D eigenvalue weighted by molar-refractivity contribution is 0.0965. The second-order valence-corrected chi connectivity index (χ2v) is 6.28. The van der Waals surface area contributed by atoms with Crippen LogP contribution in [0.3, 0.4) is 0 Å². The van der Waals surface area contributed by atoms with Gasteiger partial charge in [-0.15, -0.1) is 0 Å². The molecule has 0 bridgehead atoms. The molecule has 3 aromatic rings. The molecule has 0 N–H and O–H groups in total. The molecule has 26 heavy (non-hydrogen) atoms. The number of rotatable bonds is 7. The van der Waals surface area contributed by atoms with E-state index in [0.29, 0.717) is 17.9 Å². The fourth-order valence-corrected chi connectivity index (χ4v) is 2.74. The minimum atomic E-state index is -0.374. The van der Waals surface area contributed by atoms with Crippen LogP contribution in [0.25, 0.3) is 0 Å². The van der Waals surface area contributed by atoms with Gasteiger partial charge in [0, 0.05) is 17.0 Å². The highest BCUT2D eigenvalue weighted by molar-refractivity contribution is 9.08. The molecule has 1 heterocycles. The number of carbonyl (C=O) groups is 1. The summed E-state index contributed by atoms with van der Waals surface area (Å²) in [4.78, 5) is 24.5. The van der Waals surface area contributed by atoms with Crippen LogP contribution in [0.4, 0.5) is 0 Å². The molecule has 0 fully saturated rings. The molecule has 3 rings (SSSR count). The number of Topliss-reactive ketones (excluding diaryl/α,β-unsaturated/α-hetero) is 1. The number of ketones is 1. The summed E-state index contributed by atoms with van der Waals surface area (Å²) in [5.41, 5.74) is 2.25. The molecule has 0 aliphatic rings. The second kappa shape index (κ2) is 8.58. The number of nitrogens with zero attached hydrogens (tertiary/aromatic N) is 2. The zero-order valence-electron chi connectivity index (χ0n) is 14.0. The molecule has 0 unspecified atom stereocenters. The van der Waals surface area contributed by atoms with E-state index in [9.17, 15) is 9.59 Å². The molecule has 2 aromatic carbocycles. The van der Waals surface area contributed by atoms with Crippen molar-refractivity contribution in [2.75, 3.05) is 0 Å². The average molecular weight is 413 g/mol. The Labute approximate surface area is 159 Å². The molecular formula is C20H17BrN2O3. The van der Waals surface area contributed by atoms with Crippen molar-refractivity contribution < 1.29 is 9.53 Å². The Morgan fingerprint density at radius 3 is 2.42 bits per heavy atom. The Balaban J connectivity index is 1.65. The van der Waals surface area contributed by atoms with Crippen molar-refractivity contribution in [3.8, 4) is 5.75 Å². The predicted octanol–water partition coefficient (Wildman–Crippen LogP) is 3.60. The van der Waals surface area contributed by atoms with Crippen molar-refractivity contribution in [3.63, 3.8) is 0 Å². The summed E-state index contributed by atoms with van der Waals surface area (Å²) >= 11 is 3.36. The Kier molecular flexibility index (Phi) is 5.96. The van der Waals surface area contributed by atoms with Crippen LogP contribution in [-0.4, -0.2) is 15.6 Å². The first-order chi connectivity index (χ1) is 12.7. The van der Waals surface area contributed by atoms with Gasteiger partial charge in [-0.05, 0) is 11.1 Å². The maximum atomic E-state index is 12.3. The summed E-state index contributed by atoms with van der Waals surface area (Å²) < 4.78 is 6.71. The summed E-state index contributed by atoms with van der Waals surface area (Å²) in [6.07, 6.45) is 1.45. The molecule has 1 aromatic heterocycles. The molecule has 132 valence electrons. The van der Waals surface area contributed by atoms with Gasteiger partial charge >= 0.3 is 0 Å². The minimum absolute atomic E-state index is 0.106. The van der Waals surface area contributed by atoms with Crippen molar-refractivity contribution in [2.24, 2.45) is 0 Å². The van der Waals surface area contributed by atoms with Gasteiger partial charge in [0.05, 0.1) is 6.20 Å². The molecule has 0 amide bonds. The molecule has 6 heteroatoms. The summed E-state index contributed by atoms with van der Waals surface area (Å²) in [5, 5.41) is 4.77. The van der Waals surface area contributed by atoms with E-state index in [0.717, 1.165) is 21.1 Å². The van der Waals surface area contributed by atoms with Crippen molar-refractivity contribution in [1.82, 2.24) is 9.78 Å². The summed E-state index contributed by atoms with van der Waals surface area (Å²) in [5.74, 6) is 0.211. The van der Waals surface area contributed by atoms with E-state index >= 15 is 0 Å². The fraction of sp³-hybridized carbons (Fsp3) is 0.150. The van der Waals surface area contributed by atoms with Crippen LogP contribution in [0, 0.1) is 0 Å². The summed E-state index contributed by atoms with van der Waals surface area (Å²) in [7, 11) is 0. The minimum Gasteiger partial charge on any atom is -0.487 e. The van der Waals surface area contributed by atoms with Crippen molar-refractivity contribution in [1.29, 1.82) is 0 Å². The molecule has 0 aliphatic carbocycles. The highest BCUT2D eigenvalue weighted by atomic mass is 79.9. The van der Waals surface area contributed by atoms with Gasteiger partial charge in [-0.25, -0.2) is 4.68 Å². The third kappa shape index (κ3) is 4.67. The molecule has 0 saturated carbocycles. The molecule has 0 atom stereocenters. The van der Waals surface area contributed by atoms with E-state index in [1.165, 1.54) is 12.3 Å². The monoisotopic (exact) mass is 412 g/mol. The quantitative estimate of drug-likeness (QED) is 0.439. The van der Waals surface area contributed by atoms with Gasteiger partial charge in [-0.1, -0.05) is 70.5 Å². The Morgan fingerprint density at radius 1 is 1.04 bits per heavy atom. The van der Waals surface area contributed by atoms with Gasteiger partial charge in [-0.2, -0.15) is 5.10 Å². The normalized spacial score (nSPS) is 10.5. The number of carbonyl (C=O) groups excluding carboxylic acids is 1. The van der Waals surface area contributed by atoms with Crippen molar-refractivity contribution >= 4 is 21.7 Å². The van der Waals surface area contributed by atoms with Crippen LogP contribution in [-0.2, 0) is 18.5 Å². The second-order valence-electron chi connectivity index (χ2n) is 5.72. The average Bonchev–Trinajstić information content (AvgIpc) is 2.69. The first-order valence-electron chi connectivity index (χ1n) is 8.08. The van der Waals surface area contributed by atoms with E-state index in [4.69, 9.17) is 4.74 Å². The molecule has 0 radical (unpaired) electrons. The largest absolute Gasteiger partial charge is 0.487 e. The highest BCUT2D eigenvalue weighted by Gasteiger charge is 2.10.